The standard InChI is InChI=1S/C20H15NO4/c22-19(21-16-6-4-5-15(13-16)20(23)24)14-9-11-18(12-10-14)25-17-7-2-1-3-8-17/h1-13H,(H,21,22)(H,23,24). The van der Waals surface area contributed by atoms with Crippen molar-refractivity contribution < 1.29 is 19.4 Å². The summed E-state index contributed by atoms with van der Waals surface area (Å²) in [5.41, 5.74) is 0.986. The van der Waals surface area contributed by atoms with E-state index in [-0.39, 0.29) is 11.5 Å². The normalized spacial score (nSPS) is 10.1. The molecule has 3 aromatic rings. The van der Waals surface area contributed by atoms with Crippen LogP contribution in [0.4, 0.5) is 5.69 Å². The summed E-state index contributed by atoms with van der Waals surface area (Å²) in [5.74, 6) is -0.0341. The van der Waals surface area contributed by atoms with Crippen LogP contribution in [0, 0.1) is 0 Å². The van der Waals surface area contributed by atoms with Crippen molar-refractivity contribution in [3.8, 4) is 11.5 Å². The van der Waals surface area contributed by atoms with E-state index in [0.717, 1.165) is 0 Å². The van der Waals surface area contributed by atoms with Crippen molar-refractivity contribution in [2.24, 2.45) is 0 Å². The van der Waals surface area contributed by atoms with Gasteiger partial charge in [-0.25, -0.2) is 4.79 Å². The first-order valence-corrected chi connectivity index (χ1v) is 7.59. The predicted octanol–water partition coefficient (Wildman–Crippen LogP) is 4.43. The third-order valence-corrected chi connectivity index (χ3v) is 3.46. The second-order valence-electron chi connectivity index (χ2n) is 5.28. The second-order valence-corrected chi connectivity index (χ2v) is 5.28. The Morgan fingerprint density at radius 3 is 2.12 bits per heavy atom. The fourth-order valence-corrected chi connectivity index (χ4v) is 2.23. The number of nitrogens with one attached hydrogen (secondary N) is 1. The lowest BCUT2D eigenvalue weighted by Gasteiger charge is -2.08. The quantitative estimate of drug-likeness (QED) is 0.724. The summed E-state index contributed by atoms with van der Waals surface area (Å²) in [5, 5.41) is 11.7. The van der Waals surface area contributed by atoms with Gasteiger partial charge < -0.3 is 15.2 Å². The minimum atomic E-state index is -1.04. The minimum absolute atomic E-state index is 0.115. The van der Waals surface area contributed by atoms with E-state index in [1.165, 1.54) is 12.1 Å². The number of aromatic carboxylic acids is 1. The highest BCUT2D eigenvalue weighted by Crippen LogP contribution is 2.21. The molecule has 0 aromatic heterocycles. The Labute approximate surface area is 144 Å². The van der Waals surface area contributed by atoms with E-state index in [1.54, 1.807) is 36.4 Å². The maximum atomic E-state index is 12.3. The molecule has 0 saturated carbocycles. The van der Waals surface area contributed by atoms with Gasteiger partial charge in [0.25, 0.3) is 5.91 Å². The first kappa shape index (κ1) is 16.3. The Morgan fingerprint density at radius 2 is 1.44 bits per heavy atom. The average molecular weight is 333 g/mol. The van der Waals surface area contributed by atoms with Crippen molar-refractivity contribution >= 4 is 17.6 Å². The van der Waals surface area contributed by atoms with Crippen molar-refractivity contribution in [3.05, 3.63) is 90.0 Å². The first-order valence-electron chi connectivity index (χ1n) is 7.59. The fraction of sp³-hybridized carbons (Fsp3) is 0. The summed E-state index contributed by atoms with van der Waals surface area (Å²) in [6.07, 6.45) is 0. The van der Waals surface area contributed by atoms with Gasteiger partial charge in [-0.2, -0.15) is 0 Å². The molecule has 124 valence electrons. The lowest BCUT2D eigenvalue weighted by atomic mass is 10.1. The number of amides is 1. The van der Waals surface area contributed by atoms with Crippen LogP contribution in [0.25, 0.3) is 0 Å². The number of para-hydroxylation sites is 1. The maximum Gasteiger partial charge on any atom is 0.335 e. The highest BCUT2D eigenvalue weighted by atomic mass is 16.5. The highest BCUT2D eigenvalue weighted by Gasteiger charge is 2.09. The summed E-state index contributed by atoms with van der Waals surface area (Å²) < 4.78 is 5.68. The van der Waals surface area contributed by atoms with Crippen molar-refractivity contribution in [3.63, 3.8) is 0 Å². The highest BCUT2D eigenvalue weighted by molar-refractivity contribution is 6.04. The molecule has 25 heavy (non-hydrogen) atoms. The molecule has 5 nitrogen and oxygen atoms in total. The van der Waals surface area contributed by atoms with E-state index in [1.807, 2.05) is 30.3 Å². The first-order chi connectivity index (χ1) is 12.1. The minimum Gasteiger partial charge on any atom is -0.478 e. The zero-order valence-corrected chi connectivity index (χ0v) is 13.2. The van der Waals surface area contributed by atoms with Gasteiger partial charge in [0, 0.05) is 11.3 Å². The third-order valence-electron chi connectivity index (χ3n) is 3.46. The van der Waals surface area contributed by atoms with Gasteiger partial charge in [-0.1, -0.05) is 24.3 Å². The molecule has 1 amide bonds. The molecule has 0 atom stereocenters. The number of hydrogen-bond acceptors (Lipinski definition) is 3. The van der Waals surface area contributed by atoms with Crippen molar-refractivity contribution in [2.45, 2.75) is 0 Å². The number of carboxylic acids is 1. The fourth-order valence-electron chi connectivity index (χ4n) is 2.23. The van der Waals surface area contributed by atoms with Crippen LogP contribution < -0.4 is 10.1 Å². The third kappa shape index (κ3) is 4.23. The zero-order valence-electron chi connectivity index (χ0n) is 13.2. The second kappa shape index (κ2) is 7.31. The summed E-state index contributed by atoms with van der Waals surface area (Å²) in [6, 6.07) is 22.1. The molecule has 0 bridgehead atoms. The van der Waals surface area contributed by atoms with Crippen LogP contribution >= 0.6 is 0 Å². The monoisotopic (exact) mass is 333 g/mol. The maximum absolute atomic E-state index is 12.3. The number of carbonyl (C=O) groups excluding carboxylic acids is 1. The predicted molar refractivity (Wildman–Crippen MR) is 94.3 cm³/mol. The molecule has 5 heteroatoms. The van der Waals surface area contributed by atoms with Crippen LogP contribution in [0.3, 0.4) is 0 Å². The van der Waals surface area contributed by atoms with Gasteiger partial charge in [-0.3, -0.25) is 4.79 Å². The number of benzene rings is 3. The smallest absolute Gasteiger partial charge is 0.335 e. The van der Waals surface area contributed by atoms with Gasteiger partial charge in [0.2, 0.25) is 0 Å². The van der Waals surface area contributed by atoms with Crippen molar-refractivity contribution in [2.75, 3.05) is 5.32 Å². The summed E-state index contributed by atoms with van der Waals surface area (Å²) in [4.78, 5) is 23.2. The van der Waals surface area contributed by atoms with Gasteiger partial charge in [-0.15, -0.1) is 0 Å². The summed E-state index contributed by atoms with van der Waals surface area (Å²) in [6.45, 7) is 0. The molecule has 0 aliphatic rings. The van der Waals surface area contributed by atoms with Gasteiger partial charge >= 0.3 is 5.97 Å². The molecule has 0 radical (unpaired) electrons. The van der Waals surface area contributed by atoms with E-state index >= 15 is 0 Å². The van der Waals surface area contributed by atoms with E-state index in [4.69, 9.17) is 9.84 Å². The van der Waals surface area contributed by atoms with Crippen LogP contribution in [0.1, 0.15) is 20.7 Å². The van der Waals surface area contributed by atoms with Crippen molar-refractivity contribution in [1.29, 1.82) is 0 Å². The Hall–Kier alpha value is -3.60. The van der Waals surface area contributed by atoms with Gasteiger partial charge in [0.05, 0.1) is 5.56 Å². The topological polar surface area (TPSA) is 75.6 Å². The molecule has 0 aliphatic carbocycles. The van der Waals surface area contributed by atoms with Crippen LogP contribution in [0.5, 0.6) is 11.5 Å². The SMILES string of the molecule is O=C(O)c1cccc(NC(=O)c2ccc(Oc3ccccc3)cc2)c1. The molecule has 0 saturated heterocycles. The zero-order chi connectivity index (χ0) is 17.6. The Morgan fingerprint density at radius 1 is 0.760 bits per heavy atom. The Kier molecular flexibility index (Phi) is 4.76. The number of carboxylic acid groups (broad SMARTS) is 1. The van der Waals surface area contributed by atoms with E-state index in [0.29, 0.717) is 22.7 Å². The number of rotatable bonds is 5. The number of carbonyl (C=O) groups is 2. The van der Waals surface area contributed by atoms with Crippen LogP contribution in [0.15, 0.2) is 78.9 Å². The molecule has 3 aromatic carbocycles. The molecule has 0 heterocycles. The summed E-state index contributed by atoms with van der Waals surface area (Å²) in [7, 11) is 0. The number of hydrogen-bond donors (Lipinski definition) is 2. The Bertz CT molecular complexity index is 889. The molecule has 0 aliphatic heterocycles. The Balaban J connectivity index is 1.68. The van der Waals surface area contributed by atoms with Gasteiger partial charge in [0.1, 0.15) is 11.5 Å². The van der Waals surface area contributed by atoms with E-state index < -0.39 is 5.97 Å². The molecule has 3 rings (SSSR count). The lowest BCUT2D eigenvalue weighted by Crippen LogP contribution is -2.12. The van der Waals surface area contributed by atoms with Crippen LogP contribution in [-0.4, -0.2) is 17.0 Å². The van der Waals surface area contributed by atoms with E-state index in [2.05, 4.69) is 5.32 Å². The summed E-state index contributed by atoms with van der Waals surface area (Å²) >= 11 is 0. The molecular formula is C20H15NO4. The molecule has 0 spiro atoms. The number of anilines is 1. The van der Waals surface area contributed by atoms with Gasteiger partial charge in [-0.05, 0) is 54.6 Å². The molecule has 0 unspecified atom stereocenters. The number of ether oxygens (including phenoxy) is 1. The van der Waals surface area contributed by atoms with Gasteiger partial charge in [0.15, 0.2) is 0 Å². The lowest BCUT2D eigenvalue weighted by molar-refractivity contribution is 0.0696. The van der Waals surface area contributed by atoms with Crippen LogP contribution in [-0.2, 0) is 0 Å². The molecule has 2 N–H and O–H groups in total. The molecule has 0 fully saturated rings. The molecular weight excluding hydrogens is 318 g/mol. The van der Waals surface area contributed by atoms with Crippen LogP contribution in [0.2, 0.25) is 0 Å². The van der Waals surface area contributed by atoms with E-state index in [9.17, 15) is 9.59 Å². The van der Waals surface area contributed by atoms with Crippen molar-refractivity contribution in [1.82, 2.24) is 0 Å². The average Bonchev–Trinajstić information content (AvgIpc) is 2.63. The largest absolute Gasteiger partial charge is 0.478 e.